The number of thiol groups is 2. The summed E-state index contributed by atoms with van der Waals surface area (Å²) in [6.45, 7) is 102. The summed E-state index contributed by atoms with van der Waals surface area (Å²) in [7, 11) is 6.34. The third-order valence-corrected chi connectivity index (χ3v) is 33.9. The van der Waals surface area contributed by atoms with Crippen molar-refractivity contribution in [3.05, 3.63) is 278 Å². The molecule has 15 rings (SSSR count). The van der Waals surface area contributed by atoms with E-state index in [9.17, 15) is 0 Å². The van der Waals surface area contributed by atoms with Crippen molar-refractivity contribution in [2.24, 2.45) is 8.60 Å². The van der Waals surface area contributed by atoms with Gasteiger partial charge in [-0.15, -0.1) is 0 Å². The van der Waals surface area contributed by atoms with Crippen LogP contribution in [0, 0.1) is 305 Å². The Labute approximate surface area is 813 Å². The van der Waals surface area contributed by atoms with E-state index < -0.39 is 14.2 Å². The Morgan fingerprint density at radius 2 is 0.262 bits per heavy atom. The normalized spacial score (nSPS) is 11.0. The molecule has 4 N–H and O–H groups in total. The molecule has 0 fully saturated rings. The molecule has 130 heavy (non-hydrogen) atoms. The Balaban J connectivity index is 0.000000214. The second-order valence-corrected chi connectivity index (χ2v) is 40.1. The van der Waals surface area contributed by atoms with Crippen LogP contribution in [-0.4, -0.2) is 49.6 Å². The van der Waals surface area contributed by atoms with Gasteiger partial charge in [0, 0.05) is 19.7 Å². The van der Waals surface area contributed by atoms with Crippen molar-refractivity contribution in [1.82, 2.24) is 0 Å². The van der Waals surface area contributed by atoms with Gasteiger partial charge in [0.15, 0.2) is 0 Å². The van der Waals surface area contributed by atoms with Crippen molar-refractivity contribution in [2.45, 2.75) is 318 Å². The predicted molar refractivity (Wildman–Crippen MR) is 598 cm³/mol. The van der Waals surface area contributed by atoms with Crippen LogP contribution in [0.2, 0.25) is 13.6 Å². The quantitative estimate of drug-likeness (QED) is 0.0517. The van der Waals surface area contributed by atoms with Crippen LogP contribution < -0.4 is 0 Å². The van der Waals surface area contributed by atoms with Crippen LogP contribution in [0.4, 0.5) is 0 Å². The van der Waals surface area contributed by atoms with Gasteiger partial charge in [-0.2, -0.15) is 0 Å². The van der Waals surface area contributed by atoms with Crippen molar-refractivity contribution in [3.63, 3.8) is 0 Å². The van der Waals surface area contributed by atoms with E-state index in [1.807, 2.05) is 0 Å². The average molecular weight is 1900 g/mol. The molecule has 15 aromatic carbocycles. The summed E-state index contributed by atoms with van der Waals surface area (Å²) in [6.07, 6.45) is 0. The topological polar surface area (TPSA) is 106 Å². The number of rotatable bonds is 0. The van der Waals surface area contributed by atoms with Crippen LogP contribution in [0.15, 0.2) is 41.8 Å². The van der Waals surface area contributed by atoms with E-state index in [0.717, 1.165) is 0 Å². The van der Waals surface area contributed by atoms with Gasteiger partial charge in [0.05, 0.1) is 0 Å². The maximum absolute atomic E-state index is 7.61. The number of hydrogen-bond acceptors (Lipinski definition) is 8. The summed E-state index contributed by atoms with van der Waals surface area (Å²) in [5.41, 5.74) is 62.9. The Morgan fingerprint density at radius 3 is 0.431 bits per heavy atom. The van der Waals surface area contributed by atoms with Crippen molar-refractivity contribution in [2.75, 3.05) is 0 Å². The van der Waals surface area contributed by atoms with E-state index in [0.29, 0.717) is 0 Å². The molecule has 6 nitrogen and oxygen atoms in total. The third kappa shape index (κ3) is 19.5. The van der Waals surface area contributed by atoms with Gasteiger partial charge in [0.1, 0.15) is 0 Å². The molecule has 0 atom stereocenters. The number of aryl methyl sites for hydroxylation is 24. The van der Waals surface area contributed by atoms with Gasteiger partial charge in [-0.25, -0.2) is 0 Å². The molecule has 0 unspecified atom stereocenters. The van der Waals surface area contributed by atoms with Gasteiger partial charge >= 0.3 is 63.7 Å². The number of hydrogen-bond donors (Lipinski definition) is 6. The van der Waals surface area contributed by atoms with E-state index in [1.165, 1.54) is 375 Å². The standard InChI is InChI=1S/C24H30.C23H27Br.C23H28.C22H25Br.C22H26.2CH5BO2.2BHNS/c1-11-12(2)16(6)22-20(10)24-18(8)14(4)13(3)17(7)23(24)19(9)21(22)15(11)5;1-10-12(3)16(7)21-19(14(10)5)18(9)20-15(6)11(2)13(4)17(8)22(20)23(21)24;1-11-13(3)17(7)22-19(9)23-18(8)14(4)12(2)16(6)21(23)10-20(22)15(11)5;1-10-12(3)16(7)20-18(14(10)5)9-19-15(6)11(2)13(4)17(8)21(19)22(20)23;1-11-12(2)16(6)20-10-22-18(8)14(4)13(3)17(7)21(22)9-19(20)15(11)5;2*1-2(3)4;2*1-2-3/h1-10H3;1-9H3;10H,1-9H3;9H,1-8H3;9-10H,1-8H3;2*3-4H,1H3;2*3H. The number of benzene rings is 15. The Bertz CT molecular complexity index is 6240. The molecule has 0 aliphatic rings. The van der Waals surface area contributed by atoms with E-state index in [2.05, 4.69) is 410 Å². The van der Waals surface area contributed by atoms with Crippen molar-refractivity contribution in [1.29, 1.82) is 0 Å². The summed E-state index contributed by atoms with van der Waals surface area (Å²) in [5.74, 6) is 0. The van der Waals surface area contributed by atoms with Gasteiger partial charge in [-0.1, -0.05) is 0 Å². The first-order valence-corrected chi connectivity index (χ1v) is 48.2. The first kappa shape index (κ1) is 109. The fraction of sp³-hybridized carbons (Fsp3) is 0.397. The molecule has 0 heterocycles. The molecule has 14 heteroatoms. The van der Waals surface area contributed by atoms with Gasteiger partial charge in [-0.3, -0.25) is 0 Å². The second-order valence-electron chi connectivity index (χ2n) is 38.0. The van der Waals surface area contributed by atoms with E-state index in [4.69, 9.17) is 20.1 Å². The summed E-state index contributed by atoms with van der Waals surface area (Å²) in [6, 6.07) is 9.71. The summed E-state index contributed by atoms with van der Waals surface area (Å²) < 4.78 is 7.92. The summed E-state index contributed by atoms with van der Waals surface area (Å²) in [4.78, 5) is 0. The van der Waals surface area contributed by atoms with Crippen molar-refractivity contribution >= 4 is 195 Å². The first-order chi connectivity index (χ1) is 60.1. The molecule has 684 valence electrons. The third-order valence-electron chi connectivity index (χ3n) is 32.3. The van der Waals surface area contributed by atoms with Gasteiger partial charge in [-0.05, 0) is 716 Å². The molecule has 0 bridgehead atoms. The van der Waals surface area contributed by atoms with E-state index in [-0.39, 0.29) is 0 Å². The minimum atomic E-state index is -1.17. The van der Waals surface area contributed by atoms with Crippen LogP contribution in [0.25, 0.3) is 108 Å². The molecule has 0 saturated heterocycles. The van der Waals surface area contributed by atoms with Gasteiger partial charge in [0.2, 0.25) is 0 Å². The monoisotopic (exact) mass is 1900 g/mol. The second kappa shape index (κ2) is 42.9. The first-order valence-electron chi connectivity index (χ1n) is 45.8. The molecule has 2 radical (unpaired) electrons. The Hall–Kier alpha value is -7.74. The number of nitrogens with zero attached hydrogens (tertiary/aromatic N) is 2. The van der Waals surface area contributed by atoms with Crippen LogP contribution in [0.1, 0.15) is 245 Å². The van der Waals surface area contributed by atoms with E-state index >= 15 is 0 Å². The summed E-state index contributed by atoms with van der Waals surface area (Å²) >= 11 is 14.4. The zero-order valence-corrected chi connectivity index (χ0v) is 92.9. The average Bonchev–Trinajstić information content (AvgIpc) is 0.708. The number of halogens is 2. The van der Waals surface area contributed by atoms with Crippen LogP contribution >= 0.6 is 57.5 Å². The molecule has 0 saturated carbocycles. The van der Waals surface area contributed by atoms with Crippen molar-refractivity contribution < 1.29 is 20.1 Å². The van der Waals surface area contributed by atoms with Crippen LogP contribution in [0.3, 0.4) is 0 Å². The molecular formula is C116H148B4Br2N2O4S2. The van der Waals surface area contributed by atoms with Gasteiger partial charge < -0.3 is 20.1 Å². The molecule has 0 spiro atoms. The predicted octanol–water partition coefficient (Wildman–Crippen LogP) is 33.6. The Kier molecular flexibility index (Phi) is 36.0. The number of fused-ring (bicyclic) bond motifs is 10. The van der Waals surface area contributed by atoms with E-state index in [1.54, 1.807) is 0 Å². The molecule has 0 amide bonds. The fourth-order valence-electron chi connectivity index (χ4n) is 21.0. The van der Waals surface area contributed by atoms with Crippen molar-refractivity contribution in [3.8, 4) is 0 Å². The zero-order valence-electron chi connectivity index (χ0n) is 88.0. The fourth-order valence-corrected chi connectivity index (χ4v) is 23.1. The molecular weight excluding hydrogens is 1750 g/mol. The maximum atomic E-state index is 7.61. The van der Waals surface area contributed by atoms with Gasteiger partial charge in [0.25, 0.3) is 0 Å². The molecule has 0 aliphatic heterocycles. The van der Waals surface area contributed by atoms with Crippen LogP contribution in [0.5, 0.6) is 0 Å². The molecule has 0 aromatic heterocycles. The zero-order chi connectivity index (χ0) is 99.5. The SMILES string of the molecule is CB(O)O.CB(O)O.Cc1c(C)c(C)c2c(Br)c3c(C)c(C)c(C)c(C)c3c(C)c2c1C.Cc1c(C)c(C)c2c(Br)c3c(C)c(C)c(C)c(C)c3cc2c1C.Cc1c(C)c(C)c2c(C)c3c(C)c(C)c(C)c(C)c3c(C)c2c1C.Cc1c(C)c(C)c2c(C)c3c(C)c(C)c(C)c(C)c3cc2c1C.Cc1c(C)c(C)c2cc3c(C)c(C)c(C)c(C)c3cc2c1C.[B]=NS.[B]=NS. The Morgan fingerprint density at radius 1 is 0.169 bits per heavy atom. The molecule has 15 aromatic rings. The summed E-state index contributed by atoms with van der Waals surface area (Å²) in [5, 5.41) is 59.0. The minimum absolute atomic E-state index is 1.17. The molecule has 0 aliphatic carbocycles. The van der Waals surface area contributed by atoms with Crippen LogP contribution in [-0.2, 0) is 0 Å².